The monoisotopic (exact) mass is 325 g/mol. The highest BCUT2D eigenvalue weighted by atomic mass is 79.9. The summed E-state index contributed by atoms with van der Waals surface area (Å²) in [6.45, 7) is 0. The zero-order chi connectivity index (χ0) is 12.0. The fraction of sp³-hybridized carbons (Fsp3) is 0.125. The van der Waals surface area contributed by atoms with Crippen LogP contribution >= 0.6 is 35.4 Å². The van der Waals surface area contributed by atoms with Gasteiger partial charge in [-0.15, -0.1) is 0 Å². The minimum Gasteiger partial charge on any atom is -0.303 e. The molecule has 0 radical (unpaired) electrons. The van der Waals surface area contributed by atoms with Crippen LogP contribution in [0.25, 0.3) is 0 Å². The van der Waals surface area contributed by atoms with Gasteiger partial charge in [0.2, 0.25) is 5.06 Å². The van der Waals surface area contributed by atoms with E-state index in [0.29, 0.717) is 15.7 Å². The van der Waals surface area contributed by atoms with Crippen LogP contribution in [0.4, 0.5) is 5.69 Å². The summed E-state index contributed by atoms with van der Waals surface area (Å²) in [5, 5.41) is -1.73. The molecule has 0 aliphatic carbocycles. The lowest BCUT2D eigenvalue weighted by molar-refractivity contribution is 0.151. The van der Waals surface area contributed by atoms with Crippen molar-refractivity contribution in [3.63, 3.8) is 0 Å². The van der Waals surface area contributed by atoms with Crippen LogP contribution in [0.15, 0.2) is 27.7 Å². The van der Waals surface area contributed by atoms with E-state index in [1.54, 1.807) is 18.2 Å². The predicted molar refractivity (Wildman–Crippen MR) is 63.0 cm³/mol. The molecule has 1 unspecified atom stereocenters. The molecule has 0 saturated heterocycles. The number of rotatable bonds is 2. The van der Waals surface area contributed by atoms with Crippen molar-refractivity contribution < 1.29 is 18.9 Å². The number of hydrogen-bond donors (Lipinski definition) is 2. The number of phosphoric ester groups is 1. The lowest BCUT2D eigenvalue weighted by Gasteiger charge is -2.21. The van der Waals surface area contributed by atoms with Crippen molar-refractivity contribution >= 4 is 47.3 Å². The molecule has 0 spiro atoms. The number of halogens is 2. The summed E-state index contributed by atoms with van der Waals surface area (Å²) in [5.41, 5.74) is 0.901. The lowest BCUT2D eigenvalue weighted by atomic mass is 10.1. The summed E-state index contributed by atoms with van der Waals surface area (Å²) in [5.74, 6) is 0. The molecule has 0 saturated carbocycles. The van der Waals surface area contributed by atoms with Gasteiger partial charge in [0, 0.05) is 10.0 Å². The molecule has 1 atom stereocenters. The highest BCUT2D eigenvalue weighted by Crippen LogP contribution is 2.53. The number of nitrogens with zero attached hydrogens (tertiary/aromatic N) is 1. The van der Waals surface area contributed by atoms with E-state index in [9.17, 15) is 4.57 Å². The van der Waals surface area contributed by atoms with Gasteiger partial charge in [0.05, 0.1) is 11.9 Å². The van der Waals surface area contributed by atoms with Gasteiger partial charge in [-0.1, -0.05) is 33.6 Å². The van der Waals surface area contributed by atoms with Crippen LogP contribution in [0.2, 0.25) is 0 Å². The van der Waals surface area contributed by atoms with Gasteiger partial charge < -0.3 is 9.79 Å². The molecule has 86 valence electrons. The van der Waals surface area contributed by atoms with E-state index in [1.807, 2.05) is 0 Å². The third kappa shape index (κ3) is 2.22. The van der Waals surface area contributed by atoms with Crippen molar-refractivity contribution in [3.8, 4) is 0 Å². The van der Waals surface area contributed by atoms with Gasteiger partial charge >= 0.3 is 7.82 Å². The van der Waals surface area contributed by atoms with E-state index >= 15 is 0 Å². The van der Waals surface area contributed by atoms with Crippen LogP contribution in [0, 0.1) is 0 Å². The van der Waals surface area contributed by atoms with Gasteiger partial charge in [-0.05, 0) is 12.1 Å². The number of phosphoric acid groups is 1. The van der Waals surface area contributed by atoms with Crippen molar-refractivity contribution in [2.45, 2.75) is 5.06 Å². The fourth-order valence-corrected chi connectivity index (χ4v) is 3.18. The molecule has 0 amide bonds. The standard InChI is InChI=1S/C8H6BrClNO4P/c9-5-2-1-3-6-7(5)8(10,4-11-6)15-16(12,13)14/h1-4H,(H2,12,13,14). The first-order valence-corrected chi connectivity index (χ1v) is 6.81. The first kappa shape index (κ1) is 12.2. The van der Waals surface area contributed by atoms with Gasteiger partial charge in [-0.3, -0.25) is 9.52 Å². The molecule has 8 heteroatoms. The minimum atomic E-state index is -4.70. The minimum absolute atomic E-state index is 0.389. The van der Waals surface area contributed by atoms with Gasteiger partial charge in [-0.25, -0.2) is 4.57 Å². The zero-order valence-electron chi connectivity index (χ0n) is 7.67. The molecule has 2 rings (SSSR count). The maximum Gasteiger partial charge on any atom is 0.471 e. The van der Waals surface area contributed by atoms with E-state index < -0.39 is 12.9 Å². The van der Waals surface area contributed by atoms with Gasteiger partial charge in [0.1, 0.15) is 0 Å². The molecule has 5 nitrogen and oxygen atoms in total. The van der Waals surface area contributed by atoms with Gasteiger partial charge in [-0.2, -0.15) is 0 Å². The second-order valence-electron chi connectivity index (χ2n) is 3.12. The number of alkyl halides is 1. The topological polar surface area (TPSA) is 79.1 Å². The quantitative estimate of drug-likeness (QED) is 0.647. The zero-order valence-corrected chi connectivity index (χ0v) is 10.9. The molecular formula is C8H6BrClNO4P. The molecule has 0 fully saturated rings. The Labute approximate surface area is 104 Å². The Kier molecular flexibility index (Phi) is 2.99. The summed E-state index contributed by atoms with van der Waals surface area (Å²) in [7, 11) is -4.70. The Morgan fingerprint density at radius 2 is 2.19 bits per heavy atom. The molecule has 1 aliphatic heterocycles. The Morgan fingerprint density at radius 3 is 2.81 bits per heavy atom. The van der Waals surface area contributed by atoms with E-state index in [0.717, 1.165) is 6.21 Å². The second kappa shape index (κ2) is 3.91. The molecule has 1 aliphatic rings. The number of hydrogen-bond acceptors (Lipinski definition) is 3. The maximum atomic E-state index is 10.8. The Morgan fingerprint density at radius 1 is 1.50 bits per heavy atom. The largest absolute Gasteiger partial charge is 0.471 e. The summed E-state index contributed by atoms with van der Waals surface area (Å²) in [6, 6.07) is 5.10. The molecule has 16 heavy (non-hydrogen) atoms. The van der Waals surface area contributed by atoms with Crippen LogP contribution < -0.4 is 0 Å². The predicted octanol–water partition coefficient (Wildman–Crippen LogP) is 2.67. The SMILES string of the molecule is O=P(O)(O)OC1(Cl)C=Nc2cccc(Br)c21. The number of aliphatic imine (C=N–C) groups is 1. The third-order valence-electron chi connectivity index (χ3n) is 1.95. The number of fused-ring (bicyclic) bond motifs is 1. The van der Waals surface area contributed by atoms with Crippen molar-refractivity contribution in [2.24, 2.45) is 4.99 Å². The normalized spacial score (nSPS) is 23.5. The van der Waals surface area contributed by atoms with Gasteiger partial charge in [0.25, 0.3) is 0 Å². The highest BCUT2D eigenvalue weighted by molar-refractivity contribution is 9.10. The first-order valence-electron chi connectivity index (χ1n) is 4.11. The van der Waals surface area contributed by atoms with E-state index in [2.05, 4.69) is 25.4 Å². The van der Waals surface area contributed by atoms with Crippen LogP contribution in [0.1, 0.15) is 5.56 Å². The summed E-state index contributed by atoms with van der Waals surface area (Å²) in [6.07, 6.45) is 1.16. The summed E-state index contributed by atoms with van der Waals surface area (Å²) >= 11 is 9.23. The first-order chi connectivity index (χ1) is 7.32. The van der Waals surface area contributed by atoms with Crippen LogP contribution in [-0.4, -0.2) is 16.0 Å². The average Bonchev–Trinajstić information content (AvgIpc) is 2.41. The molecule has 0 bridgehead atoms. The van der Waals surface area contributed by atoms with E-state index in [-0.39, 0.29) is 0 Å². The number of benzene rings is 1. The smallest absolute Gasteiger partial charge is 0.303 e. The molecule has 1 heterocycles. The Balaban J connectivity index is 2.50. The molecule has 1 aromatic carbocycles. The maximum absolute atomic E-state index is 10.8. The van der Waals surface area contributed by atoms with Gasteiger partial charge in [0.15, 0.2) is 0 Å². The Bertz CT molecular complexity index is 517. The molecule has 1 aromatic rings. The fourth-order valence-electron chi connectivity index (χ4n) is 1.42. The van der Waals surface area contributed by atoms with Crippen molar-refractivity contribution in [1.29, 1.82) is 0 Å². The highest BCUT2D eigenvalue weighted by Gasteiger charge is 2.42. The van der Waals surface area contributed by atoms with Crippen LogP contribution in [0.3, 0.4) is 0 Å². The molecular weight excluding hydrogens is 320 g/mol. The van der Waals surface area contributed by atoms with Crippen LogP contribution in [0.5, 0.6) is 0 Å². The summed E-state index contributed by atoms with van der Waals surface area (Å²) in [4.78, 5) is 21.5. The van der Waals surface area contributed by atoms with Crippen molar-refractivity contribution in [1.82, 2.24) is 0 Å². The second-order valence-corrected chi connectivity index (χ2v) is 5.70. The average molecular weight is 326 g/mol. The van der Waals surface area contributed by atoms with Crippen molar-refractivity contribution in [3.05, 3.63) is 28.2 Å². The van der Waals surface area contributed by atoms with E-state index in [4.69, 9.17) is 21.4 Å². The Hall–Kier alpha value is -0.230. The van der Waals surface area contributed by atoms with Crippen molar-refractivity contribution in [2.75, 3.05) is 0 Å². The third-order valence-corrected chi connectivity index (χ3v) is 3.61. The molecule has 2 N–H and O–H groups in total. The lowest BCUT2D eigenvalue weighted by Crippen LogP contribution is -2.21. The summed E-state index contributed by atoms with van der Waals surface area (Å²) < 4.78 is 15.9. The molecule has 0 aromatic heterocycles. The van der Waals surface area contributed by atoms with Crippen LogP contribution in [-0.2, 0) is 14.1 Å². The van der Waals surface area contributed by atoms with E-state index in [1.165, 1.54) is 0 Å².